The Balaban J connectivity index is 1.53. The molecule has 0 aliphatic carbocycles. The molecule has 3 heterocycles. The smallest absolute Gasteiger partial charge is 0.444 e. The molecule has 2 unspecified atom stereocenters. The molecular weight excluding hydrogens is 473 g/mol. The fourth-order valence-corrected chi connectivity index (χ4v) is 4.34. The van der Waals surface area contributed by atoms with Gasteiger partial charge in [-0.2, -0.15) is 0 Å². The van der Waals surface area contributed by atoms with Crippen molar-refractivity contribution in [1.29, 1.82) is 0 Å². The number of piperidine rings is 1. The maximum atomic E-state index is 13.3. The van der Waals surface area contributed by atoms with E-state index in [0.29, 0.717) is 25.6 Å². The first-order chi connectivity index (χ1) is 17.1. The summed E-state index contributed by atoms with van der Waals surface area (Å²) in [6.07, 6.45) is 4.77. The molecule has 0 saturated carbocycles. The number of alkyl carbamates (subject to hydrolysis) is 1. The van der Waals surface area contributed by atoms with Crippen molar-refractivity contribution in [1.82, 2.24) is 20.2 Å². The second kappa shape index (κ2) is 11.1. The molecule has 2 fully saturated rings. The van der Waals surface area contributed by atoms with Crippen LogP contribution in [0.2, 0.25) is 0 Å². The van der Waals surface area contributed by atoms with Crippen molar-refractivity contribution >= 4 is 30.5 Å². The van der Waals surface area contributed by atoms with Crippen LogP contribution in [0.4, 0.5) is 10.7 Å². The molecule has 206 valence electrons. The summed E-state index contributed by atoms with van der Waals surface area (Å²) in [5.74, 6) is 0.636. The third-order valence-corrected chi connectivity index (χ3v) is 7.18. The van der Waals surface area contributed by atoms with Gasteiger partial charge in [0.2, 0.25) is 11.9 Å². The minimum Gasteiger partial charge on any atom is -0.444 e. The summed E-state index contributed by atoms with van der Waals surface area (Å²) in [4.78, 5) is 36.4. The van der Waals surface area contributed by atoms with Crippen molar-refractivity contribution < 1.29 is 23.6 Å². The van der Waals surface area contributed by atoms with E-state index in [-0.39, 0.29) is 17.7 Å². The van der Waals surface area contributed by atoms with Crippen LogP contribution < -0.4 is 16.1 Å². The molecule has 1 aromatic rings. The molecule has 0 aromatic carbocycles. The quantitative estimate of drug-likeness (QED) is 0.531. The highest BCUT2D eigenvalue weighted by atomic mass is 16.7. The molecule has 3 rings (SSSR count). The lowest BCUT2D eigenvalue weighted by atomic mass is 9.81. The van der Waals surface area contributed by atoms with E-state index in [9.17, 15) is 9.59 Å². The molecule has 10 nitrogen and oxygen atoms in total. The summed E-state index contributed by atoms with van der Waals surface area (Å²) in [5, 5.41) is 6.08. The third kappa shape index (κ3) is 7.57. The Morgan fingerprint density at radius 3 is 2.30 bits per heavy atom. The first kappa shape index (κ1) is 29.2. The van der Waals surface area contributed by atoms with Gasteiger partial charge in [-0.05, 0) is 73.1 Å². The second-order valence-electron chi connectivity index (χ2n) is 12.5. The summed E-state index contributed by atoms with van der Waals surface area (Å²) >= 11 is 0. The summed E-state index contributed by atoms with van der Waals surface area (Å²) < 4.78 is 17.5. The van der Waals surface area contributed by atoms with E-state index >= 15 is 0 Å². The SMILES string of the molecule is CC(C)C(NC(=O)OC(C)(C)C)C(=O)N1CCCC(CNc2ncc(B3OC(C)(C)C(C)(C)O3)cn2)C1. The highest BCUT2D eigenvalue weighted by Gasteiger charge is 2.52. The number of rotatable bonds is 7. The zero-order chi connectivity index (χ0) is 27.6. The Hall–Kier alpha value is -2.40. The maximum Gasteiger partial charge on any atom is 0.498 e. The van der Waals surface area contributed by atoms with Crippen molar-refractivity contribution in [2.75, 3.05) is 25.0 Å². The van der Waals surface area contributed by atoms with E-state index in [1.54, 1.807) is 33.2 Å². The summed E-state index contributed by atoms with van der Waals surface area (Å²) in [5.41, 5.74) is -0.691. The molecule has 2 N–H and O–H groups in total. The van der Waals surface area contributed by atoms with Crippen LogP contribution in [0.1, 0.15) is 75.2 Å². The molecule has 1 aromatic heterocycles. The number of amides is 2. The average Bonchev–Trinajstić information content (AvgIpc) is 3.01. The highest BCUT2D eigenvalue weighted by molar-refractivity contribution is 6.61. The zero-order valence-corrected chi connectivity index (χ0v) is 23.9. The molecule has 2 aliphatic heterocycles. The monoisotopic (exact) mass is 517 g/mol. The van der Waals surface area contributed by atoms with Gasteiger partial charge in [0, 0.05) is 37.5 Å². The number of ether oxygens (including phenoxy) is 1. The molecule has 2 amide bonds. The van der Waals surface area contributed by atoms with Crippen LogP contribution >= 0.6 is 0 Å². The minimum atomic E-state index is -0.632. The van der Waals surface area contributed by atoms with Gasteiger partial charge in [-0.3, -0.25) is 4.79 Å². The van der Waals surface area contributed by atoms with Crippen molar-refractivity contribution in [3.05, 3.63) is 12.4 Å². The lowest BCUT2D eigenvalue weighted by Gasteiger charge is -2.36. The number of nitrogens with zero attached hydrogens (tertiary/aromatic N) is 3. The Kier molecular flexibility index (Phi) is 8.79. The van der Waals surface area contributed by atoms with Crippen LogP contribution in [0.15, 0.2) is 12.4 Å². The fraction of sp³-hybridized carbons (Fsp3) is 0.769. The standard InChI is InChI=1S/C26H44BN5O5/c1-17(2)20(31-23(34)35-24(3,4)5)21(33)32-12-10-11-18(16-32)13-28-22-29-14-19(15-30-22)27-36-25(6,7)26(8,9)37-27/h14-15,17-18,20H,10-13,16H2,1-9H3,(H,31,34)(H,28,29,30). The number of anilines is 1. The highest BCUT2D eigenvalue weighted by Crippen LogP contribution is 2.36. The molecule has 0 radical (unpaired) electrons. The number of nitrogens with one attached hydrogen (secondary N) is 2. The Bertz CT molecular complexity index is 932. The van der Waals surface area contributed by atoms with E-state index in [0.717, 1.165) is 18.3 Å². The lowest BCUT2D eigenvalue weighted by molar-refractivity contribution is -0.136. The molecule has 2 atom stereocenters. The van der Waals surface area contributed by atoms with Crippen LogP contribution in [0.25, 0.3) is 0 Å². The normalized spacial score (nSPS) is 22.1. The van der Waals surface area contributed by atoms with E-state index in [1.165, 1.54) is 0 Å². The molecule has 0 spiro atoms. The van der Waals surface area contributed by atoms with Crippen molar-refractivity contribution in [2.24, 2.45) is 11.8 Å². The summed E-state index contributed by atoms with van der Waals surface area (Å²) in [6.45, 7) is 19.2. The lowest BCUT2D eigenvalue weighted by Crippen LogP contribution is -2.54. The van der Waals surface area contributed by atoms with Crippen LogP contribution in [-0.2, 0) is 18.8 Å². The maximum absolute atomic E-state index is 13.3. The van der Waals surface area contributed by atoms with Gasteiger partial charge >= 0.3 is 13.2 Å². The van der Waals surface area contributed by atoms with Gasteiger partial charge in [0.1, 0.15) is 11.6 Å². The van der Waals surface area contributed by atoms with E-state index in [4.69, 9.17) is 14.0 Å². The first-order valence-corrected chi connectivity index (χ1v) is 13.3. The predicted molar refractivity (Wildman–Crippen MR) is 144 cm³/mol. The van der Waals surface area contributed by atoms with Gasteiger partial charge in [0.15, 0.2) is 0 Å². The molecule has 11 heteroatoms. The van der Waals surface area contributed by atoms with Gasteiger partial charge in [-0.25, -0.2) is 14.8 Å². The van der Waals surface area contributed by atoms with Crippen LogP contribution in [0.5, 0.6) is 0 Å². The van der Waals surface area contributed by atoms with E-state index in [2.05, 4.69) is 20.6 Å². The van der Waals surface area contributed by atoms with E-state index in [1.807, 2.05) is 46.4 Å². The first-order valence-electron chi connectivity index (χ1n) is 13.3. The second-order valence-corrected chi connectivity index (χ2v) is 12.5. The molecule has 2 aliphatic rings. The number of hydrogen-bond donors (Lipinski definition) is 2. The topological polar surface area (TPSA) is 115 Å². The molecule has 2 saturated heterocycles. The average molecular weight is 517 g/mol. The van der Waals surface area contributed by atoms with E-state index < -0.39 is 36.1 Å². The van der Waals surface area contributed by atoms with Crippen LogP contribution in [0, 0.1) is 11.8 Å². The van der Waals surface area contributed by atoms with Crippen molar-refractivity contribution in [2.45, 2.75) is 98.0 Å². The Labute approximate surface area is 221 Å². The number of hydrogen-bond acceptors (Lipinski definition) is 8. The van der Waals surface area contributed by atoms with Gasteiger partial charge in [0.05, 0.1) is 11.2 Å². The number of aromatic nitrogens is 2. The largest absolute Gasteiger partial charge is 0.498 e. The van der Waals surface area contributed by atoms with Gasteiger partial charge < -0.3 is 29.6 Å². The van der Waals surface area contributed by atoms with Crippen LogP contribution in [-0.4, -0.2) is 76.5 Å². The van der Waals surface area contributed by atoms with Gasteiger partial charge in [-0.1, -0.05) is 13.8 Å². The summed E-state index contributed by atoms with van der Waals surface area (Å²) in [6, 6.07) is -0.632. The molecule has 0 bridgehead atoms. The summed E-state index contributed by atoms with van der Waals surface area (Å²) in [7, 11) is -0.500. The predicted octanol–water partition coefficient (Wildman–Crippen LogP) is 2.98. The van der Waals surface area contributed by atoms with Crippen LogP contribution in [0.3, 0.4) is 0 Å². The Morgan fingerprint density at radius 1 is 1.16 bits per heavy atom. The molecule has 37 heavy (non-hydrogen) atoms. The van der Waals surface area contributed by atoms with Crippen molar-refractivity contribution in [3.8, 4) is 0 Å². The number of likely N-dealkylation sites (tertiary alicyclic amines) is 1. The van der Waals surface area contributed by atoms with Crippen molar-refractivity contribution in [3.63, 3.8) is 0 Å². The van der Waals surface area contributed by atoms with Gasteiger partial charge in [0.25, 0.3) is 0 Å². The zero-order valence-electron chi connectivity index (χ0n) is 23.9. The number of carbonyl (C=O) groups is 2. The Morgan fingerprint density at radius 2 is 1.76 bits per heavy atom. The third-order valence-electron chi connectivity index (χ3n) is 7.18. The molecular formula is C26H44BN5O5. The number of carbonyl (C=O) groups excluding carboxylic acids is 2. The minimum absolute atomic E-state index is 0.0607. The fourth-order valence-electron chi connectivity index (χ4n) is 4.34. The van der Waals surface area contributed by atoms with Gasteiger partial charge in [-0.15, -0.1) is 0 Å².